The number of unbranched alkanes of at least 4 members (excludes halogenated alkanes) is 3. The zero-order valence-electron chi connectivity index (χ0n) is 26.9. The summed E-state index contributed by atoms with van der Waals surface area (Å²) in [6.07, 6.45) is 3.68. The maximum atomic E-state index is 14.6. The van der Waals surface area contributed by atoms with Gasteiger partial charge in [-0.05, 0) is 76.6 Å². The second-order valence-corrected chi connectivity index (χ2v) is 12.7. The highest BCUT2D eigenvalue weighted by atomic mass is 35.5. The quantitative estimate of drug-likeness (QED) is 0.227. The molecule has 0 aliphatic carbocycles. The number of amides is 3. The number of carbonyl (C=O) groups excluding carboxylic acids is 3. The average molecular weight is 600 g/mol. The van der Waals surface area contributed by atoms with Crippen molar-refractivity contribution in [1.29, 1.82) is 0 Å². The highest BCUT2D eigenvalue weighted by Gasteiger charge is 2.38. The Balaban J connectivity index is 2.66. The molecule has 2 rings (SSSR count). The van der Waals surface area contributed by atoms with Crippen LogP contribution in [0.3, 0.4) is 0 Å². The van der Waals surface area contributed by atoms with Gasteiger partial charge < -0.3 is 20.3 Å². The molecule has 3 unspecified atom stereocenters. The molecular weight excluding hydrogens is 550 g/mol. The van der Waals surface area contributed by atoms with Gasteiger partial charge in [-0.15, -0.1) is 0 Å². The lowest BCUT2D eigenvalue weighted by Crippen LogP contribution is -2.55. The van der Waals surface area contributed by atoms with Crippen LogP contribution in [-0.2, 0) is 14.3 Å². The number of alkyl carbamates (subject to hydrolysis) is 1. The van der Waals surface area contributed by atoms with Crippen LogP contribution in [0.5, 0.6) is 0 Å². The van der Waals surface area contributed by atoms with E-state index < -0.39 is 23.8 Å². The van der Waals surface area contributed by atoms with E-state index in [1.807, 2.05) is 65.0 Å². The number of rotatable bonds is 13. The molecule has 0 heterocycles. The maximum Gasteiger partial charge on any atom is 0.408 e. The minimum absolute atomic E-state index is 0.198. The lowest BCUT2D eigenvalue weighted by molar-refractivity contribution is -0.142. The van der Waals surface area contributed by atoms with Gasteiger partial charge in [-0.1, -0.05) is 94.0 Å². The molecule has 0 spiro atoms. The van der Waals surface area contributed by atoms with Gasteiger partial charge >= 0.3 is 6.09 Å². The predicted molar refractivity (Wildman–Crippen MR) is 172 cm³/mol. The van der Waals surface area contributed by atoms with Crippen LogP contribution in [0.2, 0.25) is 5.02 Å². The Bertz CT molecular complexity index is 1200. The Morgan fingerprint density at radius 2 is 1.67 bits per heavy atom. The van der Waals surface area contributed by atoms with Crippen molar-refractivity contribution in [2.24, 2.45) is 5.92 Å². The van der Waals surface area contributed by atoms with E-state index in [2.05, 4.69) is 17.6 Å². The predicted octanol–water partition coefficient (Wildman–Crippen LogP) is 8.29. The molecular formula is C34H50ClN3O4. The highest BCUT2D eigenvalue weighted by molar-refractivity contribution is 6.34. The molecule has 8 heteroatoms. The number of hydrogen-bond acceptors (Lipinski definition) is 4. The summed E-state index contributed by atoms with van der Waals surface area (Å²) in [7, 11) is 0. The van der Waals surface area contributed by atoms with E-state index >= 15 is 0 Å². The number of nitrogens with zero attached hydrogens (tertiary/aromatic N) is 1. The van der Waals surface area contributed by atoms with Crippen LogP contribution in [0.25, 0.3) is 0 Å². The fourth-order valence-corrected chi connectivity index (χ4v) is 5.13. The van der Waals surface area contributed by atoms with Gasteiger partial charge in [-0.25, -0.2) is 4.79 Å². The first-order valence-electron chi connectivity index (χ1n) is 15.1. The number of hydrogen-bond donors (Lipinski definition) is 2. The molecule has 0 saturated heterocycles. The van der Waals surface area contributed by atoms with Crippen molar-refractivity contribution in [3.8, 4) is 0 Å². The van der Waals surface area contributed by atoms with Gasteiger partial charge in [0.25, 0.3) is 5.91 Å². The van der Waals surface area contributed by atoms with Crippen molar-refractivity contribution >= 4 is 35.2 Å². The molecule has 0 fully saturated rings. The summed E-state index contributed by atoms with van der Waals surface area (Å²) in [4.78, 5) is 43.4. The van der Waals surface area contributed by atoms with Crippen molar-refractivity contribution in [1.82, 2.24) is 10.2 Å². The first kappa shape index (κ1) is 35.1. The van der Waals surface area contributed by atoms with Crippen molar-refractivity contribution in [2.75, 3.05) is 11.9 Å². The van der Waals surface area contributed by atoms with Crippen LogP contribution in [-0.4, -0.2) is 41.0 Å². The fourth-order valence-electron chi connectivity index (χ4n) is 4.86. The number of carbonyl (C=O) groups is 3. The number of ether oxygens (including phenoxy) is 1. The molecule has 3 atom stereocenters. The molecule has 3 amide bonds. The molecule has 7 nitrogen and oxygen atoms in total. The summed E-state index contributed by atoms with van der Waals surface area (Å²) in [5.41, 5.74) is 3.22. The molecule has 232 valence electrons. The number of anilines is 1. The number of halogens is 1. The van der Waals surface area contributed by atoms with Crippen LogP contribution in [0.1, 0.15) is 102 Å². The average Bonchev–Trinajstić information content (AvgIpc) is 2.91. The van der Waals surface area contributed by atoms with Crippen molar-refractivity contribution in [2.45, 2.75) is 112 Å². The van der Waals surface area contributed by atoms with Gasteiger partial charge in [0.05, 0.1) is 10.7 Å². The Kier molecular flexibility index (Phi) is 13.4. The van der Waals surface area contributed by atoms with Crippen LogP contribution < -0.4 is 10.6 Å². The normalized spacial score (nSPS) is 13.6. The topological polar surface area (TPSA) is 87.7 Å². The first-order valence-corrected chi connectivity index (χ1v) is 15.5. The third-order valence-corrected chi connectivity index (χ3v) is 7.76. The molecule has 2 aromatic rings. The van der Waals surface area contributed by atoms with Gasteiger partial charge in [0.2, 0.25) is 5.91 Å². The highest BCUT2D eigenvalue weighted by Crippen LogP contribution is 2.32. The second kappa shape index (κ2) is 16.0. The third kappa shape index (κ3) is 10.0. The molecule has 0 bridgehead atoms. The zero-order valence-corrected chi connectivity index (χ0v) is 27.7. The van der Waals surface area contributed by atoms with Crippen LogP contribution in [0.15, 0.2) is 36.4 Å². The Labute approximate surface area is 257 Å². The van der Waals surface area contributed by atoms with E-state index in [1.54, 1.807) is 31.7 Å². The van der Waals surface area contributed by atoms with E-state index in [0.717, 1.165) is 47.9 Å². The lowest BCUT2D eigenvalue weighted by Gasteiger charge is -2.37. The van der Waals surface area contributed by atoms with E-state index in [0.29, 0.717) is 23.7 Å². The van der Waals surface area contributed by atoms with E-state index in [-0.39, 0.29) is 17.7 Å². The van der Waals surface area contributed by atoms with Crippen molar-refractivity contribution < 1.29 is 19.1 Å². The van der Waals surface area contributed by atoms with Gasteiger partial charge in [0.1, 0.15) is 17.7 Å². The van der Waals surface area contributed by atoms with Gasteiger partial charge in [-0.2, -0.15) is 0 Å². The van der Waals surface area contributed by atoms with Crippen molar-refractivity contribution in [3.63, 3.8) is 0 Å². The molecule has 2 N–H and O–H groups in total. The molecule has 0 radical (unpaired) electrons. The summed E-state index contributed by atoms with van der Waals surface area (Å²) in [6.45, 7) is 17.5. The van der Waals surface area contributed by atoms with Gasteiger partial charge in [0.15, 0.2) is 0 Å². The lowest BCUT2D eigenvalue weighted by atomic mass is 9.93. The van der Waals surface area contributed by atoms with Crippen molar-refractivity contribution in [3.05, 3.63) is 63.7 Å². The minimum Gasteiger partial charge on any atom is -0.444 e. The van der Waals surface area contributed by atoms with Gasteiger partial charge in [-0.3, -0.25) is 9.59 Å². The van der Waals surface area contributed by atoms with Gasteiger partial charge in [0, 0.05) is 6.54 Å². The maximum absolute atomic E-state index is 14.6. The van der Waals surface area contributed by atoms with Crippen LogP contribution >= 0.6 is 11.6 Å². The minimum atomic E-state index is -0.943. The smallest absolute Gasteiger partial charge is 0.408 e. The largest absolute Gasteiger partial charge is 0.444 e. The van der Waals surface area contributed by atoms with Crippen LogP contribution in [0, 0.1) is 26.7 Å². The molecule has 0 saturated carbocycles. The van der Waals surface area contributed by atoms with E-state index in [9.17, 15) is 14.4 Å². The molecule has 2 aromatic carbocycles. The standard InChI is InChI=1S/C34H50ClN3O4/c1-10-12-13-14-20-38(32(40)29(23(4)11-2)37-33(41)42-34(7,8)9)30(26-21-22(3)18-19-24(26)5)31(39)36-28-25(6)16-15-17-27(28)35/h15-19,21,23,29-30H,10-14,20H2,1-9H3,(H,36,39)(H,37,41). The first-order chi connectivity index (χ1) is 19.7. The molecule has 42 heavy (non-hydrogen) atoms. The number of aryl methyl sites for hydroxylation is 3. The number of para-hydroxylation sites is 1. The van der Waals surface area contributed by atoms with E-state index in [1.165, 1.54) is 0 Å². The molecule has 0 aliphatic rings. The zero-order chi connectivity index (χ0) is 31.6. The fraction of sp³-hybridized carbons (Fsp3) is 0.559. The summed E-state index contributed by atoms with van der Waals surface area (Å²) < 4.78 is 5.52. The monoisotopic (exact) mass is 599 g/mol. The SMILES string of the molecule is CCCCCCN(C(=O)C(NC(=O)OC(C)(C)C)C(C)CC)C(C(=O)Nc1c(C)cccc1Cl)c1cc(C)ccc1C. The Morgan fingerprint density at radius 3 is 2.26 bits per heavy atom. The van der Waals surface area contributed by atoms with E-state index in [4.69, 9.17) is 16.3 Å². The molecule has 0 aromatic heterocycles. The summed E-state index contributed by atoms with van der Waals surface area (Å²) in [5, 5.41) is 6.30. The summed E-state index contributed by atoms with van der Waals surface area (Å²) in [6, 6.07) is 9.55. The molecule has 0 aliphatic heterocycles. The summed E-state index contributed by atoms with van der Waals surface area (Å²) >= 11 is 6.51. The second-order valence-electron chi connectivity index (χ2n) is 12.3. The number of nitrogens with one attached hydrogen (secondary N) is 2. The number of benzene rings is 2. The third-order valence-electron chi connectivity index (χ3n) is 7.45. The summed E-state index contributed by atoms with van der Waals surface area (Å²) in [5.74, 6) is -0.871. The Hall–Kier alpha value is -3.06. The van der Waals surface area contributed by atoms with Crippen LogP contribution in [0.4, 0.5) is 10.5 Å². The Morgan fingerprint density at radius 1 is 0.976 bits per heavy atom.